The third-order valence-corrected chi connectivity index (χ3v) is 7.83. The number of benzene rings is 1. The molecule has 2 unspecified atom stereocenters. The highest BCUT2D eigenvalue weighted by Crippen LogP contribution is 2.70. The Bertz CT molecular complexity index is 1030. The van der Waals surface area contributed by atoms with Gasteiger partial charge in [0.2, 0.25) is 0 Å². The second-order valence-electron chi connectivity index (χ2n) is 8.57. The van der Waals surface area contributed by atoms with Gasteiger partial charge in [-0.05, 0) is 30.9 Å². The van der Waals surface area contributed by atoms with E-state index in [4.69, 9.17) is 24.0 Å². The summed E-state index contributed by atoms with van der Waals surface area (Å²) in [5, 5.41) is 13.0. The van der Waals surface area contributed by atoms with Crippen LogP contribution in [-0.2, 0) is 19.8 Å². The highest BCUT2D eigenvalue weighted by Gasteiger charge is 2.78. The standard InChI is InChI=1S/C22H24N2O6/c1-5-10-11-8-13-19-22(15(11)20(25)29-4,16-18(10)24(13)30-21(16)26)12-6-9(27-2)7-14(28-3)17(12)23-19/h5-7,11,13,15-16,18,21,26H,8H2,1-4H3/b10-5+/t11-,13-,15-,16+,18?,21-,22-/m0/s1. The molecule has 0 radical (unpaired) electrons. The Hall–Kier alpha value is -2.42. The lowest BCUT2D eigenvalue weighted by atomic mass is 9.42. The molecule has 4 aliphatic heterocycles. The van der Waals surface area contributed by atoms with Gasteiger partial charge in [-0.15, -0.1) is 0 Å². The smallest absolute Gasteiger partial charge is 0.310 e. The van der Waals surface area contributed by atoms with Crippen molar-refractivity contribution in [3.63, 3.8) is 0 Å². The van der Waals surface area contributed by atoms with E-state index in [1.807, 2.05) is 18.1 Å². The van der Waals surface area contributed by atoms with E-state index in [1.54, 1.807) is 20.3 Å². The SMILES string of the molecule is C/C=C1/C2[C@@H]3[C@@H](O)ON2[C@H]2C[C@@H]1[C@@H](C(=O)OC)[C@]31C2=Nc2c(OC)cc(OC)cc21. The summed E-state index contributed by atoms with van der Waals surface area (Å²) < 4.78 is 16.5. The van der Waals surface area contributed by atoms with E-state index in [1.165, 1.54) is 7.11 Å². The van der Waals surface area contributed by atoms with Crippen LogP contribution in [0.4, 0.5) is 5.69 Å². The maximum atomic E-state index is 13.3. The van der Waals surface area contributed by atoms with Crippen LogP contribution < -0.4 is 9.47 Å². The molecule has 6 bridgehead atoms. The molecule has 4 heterocycles. The minimum Gasteiger partial charge on any atom is -0.497 e. The molecule has 3 saturated heterocycles. The highest BCUT2D eigenvalue weighted by molar-refractivity contribution is 6.11. The van der Waals surface area contributed by atoms with Crippen LogP contribution in [0.15, 0.2) is 28.8 Å². The Morgan fingerprint density at radius 1 is 1.33 bits per heavy atom. The number of allylic oxidation sites excluding steroid dienone is 1. The molecule has 7 rings (SSSR count). The maximum Gasteiger partial charge on any atom is 0.310 e. The van der Waals surface area contributed by atoms with Crippen LogP contribution in [0.3, 0.4) is 0 Å². The molecule has 0 aromatic heterocycles. The zero-order valence-corrected chi connectivity index (χ0v) is 17.3. The minimum atomic E-state index is -1.05. The Kier molecular flexibility index (Phi) is 3.57. The fraction of sp³-hybridized carbons (Fsp3) is 0.545. The number of fused-ring (bicyclic) bond motifs is 1. The van der Waals surface area contributed by atoms with Crippen LogP contribution in [0.5, 0.6) is 11.5 Å². The molecule has 1 spiro atoms. The number of carbonyl (C=O) groups is 1. The third-order valence-electron chi connectivity index (χ3n) is 7.83. The minimum absolute atomic E-state index is 0.000876. The molecule has 0 amide bonds. The van der Waals surface area contributed by atoms with E-state index >= 15 is 0 Å². The first-order chi connectivity index (χ1) is 14.5. The Balaban J connectivity index is 1.71. The van der Waals surface area contributed by atoms with Crippen molar-refractivity contribution in [2.45, 2.75) is 37.1 Å². The molecular formula is C22H24N2O6. The predicted molar refractivity (Wildman–Crippen MR) is 106 cm³/mol. The van der Waals surface area contributed by atoms with Crippen LogP contribution >= 0.6 is 0 Å². The van der Waals surface area contributed by atoms with Gasteiger partial charge in [0.25, 0.3) is 0 Å². The molecule has 1 N–H and O–H groups in total. The summed E-state index contributed by atoms with van der Waals surface area (Å²) in [6, 6.07) is 3.53. The van der Waals surface area contributed by atoms with Crippen LogP contribution in [0.1, 0.15) is 18.9 Å². The molecule has 5 fully saturated rings. The van der Waals surface area contributed by atoms with E-state index in [9.17, 15) is 9.90 Å². The summed E-state index contributed by atoms with van der Waals surface area (Å²) in [6.07, 6.45) is 1.72. The van der Waals surface area contributed by atoms with Crippen LogP contribution in [0, 0.1) is 17.8 Å². The fourth-order valence-corrected chi connectivity index (χ4v) is 6.98. The van der Waals surface area contributed by atoms with E-state index < -0.39 is 17.6 Å². The van der Waals surface area contributed by atoms with Gasteiger partial charge in [0, 0.05) is 12.0 Å². The Labute approximate surface area is 174 Å². The summed E-state index contributed by atoms with van der Waals surface area (Å²) in [5.74, 6) is 0.0556. The van der Waals surface area contributed by atoms with Gasteiger partial charge in [0.1, 0.15) is 17.2 Å². The van der Waals surface area contributed by atoms with Gasteiger partial charge in [-0.2, -0.15) is 5.06 Å². The molecule has 6 aliphatic rings. The number of esters is 1. The van der Waals surface area contributed by atoms with Crippen molar-refractivity contribution in [3.8, 4) is 11.5 Å². The summed E-state index contributed by atoms with van der Waals surface area (Å²) in [5.41, 5.74) is 2.74. The first kappa shape index (κ1) is 18.4. The van der Waals surface area contributed by atoms with Crippen LogP contribution in [-0.4, -0.2) is 61.6 Å². The Morgan fingerprint density at radius 2 is 2.13 bits per heavy atom. The first-order valence-corrected chi connectivity index (χ1v) is 10.3. The highest BCUT2D eigenvalue weighted by atomic mass is 16.8. The van der Waals surface area contributed by atoms with E-state index in [-0.39, 0.29) is 29.9 Å². The Morgan fingerprint density at radius 3 is 2.80 bits per heavy atom. The van der Waals surface area contributed by atoms with Gasteiger partial charge in [-0.1, -0.05) is 11.6 Å². The van der Waals surface area contributed by atoms with E-state index in [0.717, 1.165) is 16.8 Å². The van der Waals surface area contributed by atoms with Crippen molar-refractivity contribution < 1.29 is 28.9 Å². The lowest BCUT2D eigenvalue weighted by molar-refractivity contribution is -0.234. The number of hydrogen-bond acceptors (Lipinski definition) is 8. The zero-order valence-electron chi connectivity index (χ0n) is 17.3. The van der Waals surface area contributed by atoms with Crippen molar-refractivity contribution >= 4 is 17.4 Å². The fourth-order valence-electron chi connectivity index (χ4n) is 6.98. The van der Waals surface area contributed by atoms with Crippen molar-refractivity contribution in [2.75, 3.05) is 21.3 Å². The molecule has 2 saturated carbocycles. The van der Waals surface area contributed by atoms with Gasteiger partial charge in [0.15, 0.2) is 6.29 Å². The van der Waals surface area contributed by atoms with Crippen LogP contribution in [0.25, 0.3) is 0 Å². The number of rotatable bonds is 3. The van der Waals surface area contributed by atoms with Crippen molar-refractivity contribution in [3.05, 3.63) is 29.3 Å². The summed E-state index contributed by atoms with van der Waals surface area (Å²) >= 11 is 0. The number of carbonyl (C=O) groups excluding carboxylic acids is 1. The van der Waals surface area contributed by atoms with E-state index in [0.29, 0.717) is 23.6 Å². The van der Waals surface area contributed by atoms with E-state index in [2.05, 4.69) is 6.08 Å². The molecule has 8 nitrogen and oxygen atoms in total. The summed E-state index contributed by atoms with van der Waals surface area (Å²) in [6.45, 7) is 1.99. The number of aliphatic imine (C=N–C) groups is 1. The molecule has 1 aromatic carbocycles. The van der Waals surface area contributed by atoms with Crippen molar-refractivity contribution in [1.82, 2.24) is 5.06 Å². The van der Waals surface area contributed by atoms with Gasteiger partial charge in [-0.25, -0.2) is 0 Å². The lowest BCUT2D eigenvalue weighted by Gasteiger charge is -2.63. The molecule has 2 aliphatic carbocycles. The molecule has 30 heavy (non-hydrogen) atoms. The second-order valence-corrected chi connectivity index (χ2v) is 8.57. The van der Waals surface area contributed by atoms with Gasteiger partial charge < -0.3 is 19.3 Å². The number of nitrogens with zero attached hydrogens (tertiary/aromatic N) is 2. The average molecular weight is 412 g/mol. The molecule has 8 heteroatoms. The van der Waals surface area contributed by atoms with Gasteiger partial charge in [-0.3, -0.25) is 14.6 Å². The van der Waals surface area contributed by atoms with Gasteiger partial charge >= 0.3 is 5.97 Å². The normalized spacial score (nSPS) is 42.8. The summed E-state index contributed by atoms with van der Waals surface area (Å²) in [7, 11) is 4.62. The zero-order chi connectivity index (χ0) is 20.9. The largest absolute Gasteiger partial charge is 0.497 e. The first-order valence-electron chi connectivity index (χ1n) is 10.3. The second kappa shape index (κ2) is 5.84. The van der Waals surface area contributed by atoms with Gasteiger partial charge in [0.05, 0.1) is 50.5 Å². The number of aliphatic hydroxyl groups excluding tert-OH is 1. The number of piperidine rings is 2. The number of ether oxygens (including phenoxy) is 3. The number of hydroxylamine groups is 2. The molecule has 158 valence electrons. The topological polar surface area (TPSA) is 89.8 Å². The quantitative estimate of drug-likeness (QED) is 0.597. The summed E-state index contributed by atoms with van der Waals surface area (Å²) in [4.78, 5) is 24.3. The number of hydrogen-bond donors (Lipinski definition) is 1. The molecular weight excluding hydrogens is 388 g/mol. The predicted octanol–water partition coefficient (Wildman–Crippen LogP) is 1.73. The third kappa shape index (κ3) is 1.76. The number of aliphatic hydroxyl groups is 1. The lowest BCUT2D eigenvalue weighted by Crippen LogP contribution is -2.75. The average Bonchev–Trinajstić information content (AvgIpc) is 3.27. The van der Waals surface area contributed by atoms with Crippen molar-refractivity contribution in [2.24, 2.45) is 22.7 Å². The van der Waals surface area contributed by atoms with Crippen molar-refractivity contribution in [1.29, 1.82) is 0 Å². The number of methoxy groups -OCH3 is 3. The van der Waals surface area contributed by atoms with Crippen LogP contribution in [0.2, 0.25) is 0 Å². The molecule has 8 atom stereocenters. The molecule has 1 aromatic rings. The monoisotopic (exact) mass is 412 g/mol. The maximum absolute atomic E-state index is 13.3.